The lowest BCUT2D eigenvalue weighted by Crippen LogP contribution is -2.29. The van der Waals surface area contributed by atoms with E-state index in [9.17, 15) is 9.59 Å². The Morgan fingerprint density at radius 1 is 1.22 bits per heavy atom. The van der Waals surface area contributed by atoms with E-state index in [1.54, 1.807) is 25.1 Å². The Labute approximate surface area is 136 Å². The lowest BCUT2D eigenvalue weighted by molar-refractivity contribution is -0.127. The lowest BCUT2D eigenvalue weighted by atomic mass is 10.2. The van der Waals surface area contributed by atoms with Crippen molar-refractivity contribution in [1.29, 1.82) is 0 Å². The topological polar surface area (TPSA) is 85.9 Å². The van der Waals surface area contributed by atoms with Crippen molar-refractivity contribution in [2.24, 2.45) is 0 Å². The number of rotatable bonds is 9. The van der Waals surface area contributed by atoms with Crippen LogP contribution in [0.2, 0.25) is 0 Å². The molecule has 0 radical (unpaired) electrons. The standard InChI is InChI=1S/C16H24N2O5/c1-5-22-8-9-23-11(2)16(20)18-14-10-13(17-12(3)19)6-7-15(14)21-4/h6-7,10-11H,5,8-9H2,1-4H3,(H,17,19)(H,18,20)/t11-/m1/s1. The van der Waals surface area contributed by atoms with Gasteiger partial charge in [0, 0.05) is 19.2 Å². The molecule has 0 bridgehead atoms. The molecule has 0 aliphatic heterocycles. The number of hydrogen-bond acceptors (Lipinski definition) is 5. The van der Waals surface area contributed by atoms with Gasteiger partial charge in [-0.05, 0) is 32.0 Å². The van der Waals surface area contributed by atoms with Crippen LogP contribution in [0.25, 0.3) is 0 Å². The van der Waals surface area contributed by atoms with Gasteiger partial charge in [-0.2, -0.15) is 0 Å². The van der Waals surface area contributed by atoms with E-state index in [0.717, 1.165) is 0 Å². The Kier molecular flexibility index (Phi) is 8.07. The summed E-state index contributed by atoms with van der Waals surface area (Å²) in [5.74, 6) is -0.00573. The summed E-state index contributed by atoms with van der Waals surface area (Å²) < 4.78 is 15.8. The maximum absolute atomic E-state index is 12.2. The summed E-state index contributed by atoms with van der Waals surface area (Å²) in [5.41, 5.74) is 1.03. The van der Waals surface area contributed by atoms with E-state index in [2.05, 4.69) is 10.6 Å². The van der Waals surface area contributed by atoms with Crippen molar-refractivity contribution >= 4 is 23.2 Å². The molecule has 1 aromatic rings. The van der Waals surface area contributed by atoms with Crippen LogP contribution in [0.3, 0.4) is 0 Å². The molecule has 0 fully saturated rings. The smallest absolute Gasteiger partial charge is 0.253 e. The second kappa shape index (κ2) is 9.81. The van der Waals surface area contributed by atoms with Gasteiger partial charge in [-0.25, -0.2) is 0 Å². The normalized spacial score (nSPS) is 11.7. The Morgan fingerprint density at radius 3 is 2.57 bits per heavy atom. The number of anilines is 2. The first-order valence-electron chi connectivity index (χ1n) is 7.43. The van der Waals surface area contributed by atoms with Crippen molar-refractivity contribution in [2.45, 2.75) is 26.9 Å². The van der Waals surface area contributed by atoms with E-state index in [0.29, 0.717) is 36.9 Å². The van der Waals surface area contributed by atoms with Crippen molar-refractivity contribution < 1.29 is 23.8 Å². The van der Waals surface area contributed by atoms with Crippen molar-refractivity contribution in [3.05, 3.63) is 18.2 Å². The van der Waals surface area contributed by atoms with Crippen molar-refractivity contribution in [1.82, 2.24) is 0 Å². The Bertz CT molecular complexity index is 533. The van der Waals surface area contributed by atoms with Gasteiger partial charge in [-0.1, -0.05) is 0 Å². The molecule has 1 atom stereocenters. The predicted molar refractivity (Wildman–Crippen MR) is 87.8 cm³/mol. The summed E-state index contributed by atoms with van der Waals surface area (Å²) in [7, 11) is 1.51. The number of benzene rings is 1. The van der Waals surface area contributed by atoms with E-state index in [4.69, 9.17) is 14.2 Å². The molecule has 7 nitrogen and oxygen atoms in total. The second-order valence-electron chi connectivity index (χ2n) is 4.80. The average Bonchev–Trinajstić information content (AvgIpc) is 2.51. The molecule has 0 saturated carbocycles. The average molecular weight is 324 g/mol. The summed E-state index contributed by atoms with van der Waals surface area (Å²) >= 11 is 0. The Hall–Kier alpha value is -2.12. The van der Waals surface area contributed by atoms with Gasteiger partial charge in [0.05, 0.1) is 26.0 Å². The van der Waals surface area contributed by atoms with Gasteiger partial charge in [0.15, 0.2) is 0 Å². The van der Waals surface area contributed by atoms with E-state index in [-0.39, 0.29) is 11.8 Å². The second-order valence-corrected chi connectivity index (χ2v) is 4.80. The van der Waals surface area contributed by atoms with E-state index in [1.807, 2.05) is 6.92 Å². The molecule has 0 spiro atoms. The number of carbonyl (C=O) groups is 2. The number of hydrogen-bond donors (Lipinski definition) is 2. The summed E-state index contributed by atoms with van der Waals surface area (Å²) in [4.78, 5) is 23.3. The minimum absolute atomic E-state index is 0.194. The van der Waals surface area contributed by atoms with Crippen LogP contribution in [0.5, 0.6) is 5.75 Å². The monoisotopic (exact) mass is 324 g/mol. The van der Waals surface area contributed by atoms with Gasteiger partial charge in [0.25, 0.3) is 5.91 Å². The third-order valence-corrected chi connectivity index (χ3v) is 2.95. The molecule has 0 unspecified atom stereocenters. The van der Waals surface area contributed by atoms with Crippen LogP contribution in [0.15, 0.2) is 18.2 Å². The Morgan fingerprint density at radius 2 is 1.96 bits per heavy atom. The molecule has 1 rings (SSSR count). The fourth-order valence-corrected chi connectivity index (χ4v) is 1.82. The first kappa shape index (κ1) is 18.9. The summed E-state index contributed by atoms with van der Waals surface area (Å²) in [6, 6.07) is 4.99. The summed E-state index contributed by atoms with van der Waals surface area (Å²) in [6.45, 7) is 6.35. The number of amides is 2. The van der Waals surface area contributed by atoms with Crippen molar-refractivity contribution in [3.63, 3.8) is 0 Å². The summed E-state index contributed by atoms with van der Waals surface area (Å²) in [6.07, 6.45) is -0.635. The highest BCUT2D eigenvalue weighted by Crippen LogP contribution is 2.28. The molecule has 0 aliphatic rings. The molecule has 7 heteroatoms. The van der Waals surface area contributed by atoms with Crippen LogP contribution in [0.4, 0.5) is 11.4 Å². The van der Waals surface area contributed by atoms with E-state index in [1.165, 1.54) is 14.0 Å². The maximum Gasteiger partial charge on any atom is 0.253 e. The van der Waals surface area contributed by atoms with Gasteiger partial charge in [0.1, 0.15) is 11.9 Å². The first-order valence-corrected chi connectivity index (χ1v) is 7.43. The molecule has 0 saturated heterocycles. The fraction of sp³-hybridized carbons (Fsp3) is 0.500. The van der Waals surface area contributed by atoms with Crippen LogP contribution in [0, 0.1) is 0 Å². The number of ether oxygens (including phenoxy) is 3. The van der Waals surface area contributed by atoms with Gasteiger partial charge in [-0.15, -0.1) is 0 Å². The highest BCUT2D eigenvalue weighted by Gasteiger charge is 2.16. The van der Waals surface area contributed by atoms with E-state index < -0.39 is 6.10 Å². The van der Waals surface area contributed by atoms with Crippen LogP contribution >= 0.6 is 0 Å². The van der Waals surface area contributed by atoms with Crippen LogP contribution in [-0.4, -0.2) is 44.8 Å². The van der Waals surface area contributed by atoms with Crippen LogP contribution < -0.4 is 15.4 Å². The molecule has 2 amide bonds. The highest BCUT2D eigenvalue weighted by atomic mass is 16.5. The van der Waals surface area contributed by atoms with Crippen molar-refractivity contribution in [3.8, 4) is 5.75 Å². The van der Waals surface area contributed by atoms with Gasteiger partial charge in [0.2, 0.25) is 5.91 Å². The highest BCUT2D eigenvalue weighted by molar-refractivity contribution is 5.97. The largest absolute Gasteiger partial charge is 0.495 e. The summed E-state index contributed by atoms with van der Waals surface area (Å²) in [5, 5.41) is 5.39. The van der Waals surface area contributed by atoms with Crippen LogP contribution in [-0.2, 0) is 19.1 Å². The Balaban J connectivity index is 2.69. The molecule has 1 aromatic carbocycles. The van der Waals surface area contributed by atoms with Crippen LogP contribution in [0.1, 0.15) is 20.8 Å². The molecule has 2 N–H and O–H groups in total. The van der Waals surface area contributed by atoms with Gasteiger partial charge >= 0.3 is 0 Å². The first-order chi connectivity index (χ1) is 11.0. The number of methoxy groups -OCH3 is 1. The molecule has 128 valence electrons. The third kappa shape index (κ3) is 6.66. The molecule has 0 aromatic heterocycles. The predicted octanol–water partition coefficient (Wildman–Crippen LogP) is 2.03. The quantitative estimate of drug-likeness (QED) is 0.679. The SMILES string of the molecule is CCOCCO[C@H](C)C(=O)Nc1cc(NC(C)=O)ccc1OC. The zero-order valence-electron chi connectivity index (χ0n) is 14.0. The van der Waals surface area contributed by atoms with Gasteiger partial charge in [-0.3, -0.25) is 9.59 Å². The third-order valence-electron chi connectivity index (χ3n) is 2.95. The molecular formula is C16H24N2O5. The molecule has 23 heavy (non-hydrogen) atoms. The fourth-order valence-electron chi connectivity index (χ4n) is 1.82. The maximum atomic E-state index is 12.2. The zero-order valence-corrected chi connectivity index (χ0v) is 14.0. The number of carbonyl (C=O) groups excluding carboxylic acids is 2. The van der Waals surface area contributed by atoms with E-state index >= 15 is 0 Å². The minimum Gasteiger partial charge on any atom is -0.495 e. The minimum atomic E-state index is -0.635. The molecule has 0 aliphatic carbocycles. The van der Waals surface area contributed by atoms with Gasteiger partial charge < -0.3 is 24.8 Å². The number of nitrogens with one attached hydrogen (secondary N) is 2. The molecule has 0 heterocycles. The lowest BCUT2D eigenvalue weighted by Gasteiger charge is -2.16. The molecular weight excluding hydrogens is 300 g/mol. The zero-order chi connectivity index (χ0) is 17.2. The van der Waals surface area contributed by atoms with Crippen molar-refractivity contribution in [2.75, 3.05) is 37.6 Å².